The second-order valence-electron chi connectivity index (χ2n) is 3.87. The van der Waals surface area contributed by atoms with Crippen LogP contribution in [-0.2, 0) is 6.42 Å². The van der Waals surface area contributed by atoms with Crippen LogP contribution in [0.5, 0.6) is 0 Å². The van der Waals surface area contributed by atoms with Gasteiger partial charge in [0.25, 0.3) is 0 Å². The van der Waals surface area contributed by atoms with Crippen LogP contribution in [0.1, 0.15) is 31.7 Å². The van der Waals surface area contributed by atoms with Gasteiger partial charge in [-0.15, -0.1) is 0 Å². The van der Waals surface area contributed by atoms with E-state index in [1.807, 2.05) is 0 Å². The third-order valence-electron chi connectivity index (χ3n) is 2.26. The van der Waals surface area contributed by atoms with E-state index < -0.39 is 11.6 Å². The van der Waals surface area contributed by atoms with Crippen molar-refractivity contribution in [2.24, 2.45) is 0 Å². The number of hydrogen-bond acceptors (Lipinski definition) is 1. The molecule has 0 amide bonds. The minimum Gasteiger partial charge on any atom is -0.393 e. The Labute approximate surface area is 88.7 Å². The molecule has 0 radical (unpaired) electrons. The Bertz CT molecular complexity index is 290. The van der Waals surface area contributed by atoms with Gasteiger partial charge in [0.1, 0.15) is 11.6 Å². The third kappa shape index (κ3) is 4.88. The molecule has 0 aliphatic rings. The first-order valence-corrected chi connectivity index (χ1v) is 5.21. The van der Waals surface area contributed by atoms with Gasteiger partial charge in [-0.1, -0.05) is 6.42 Å². The second-order valence-corrected chi connectivity index (χ2v) is 3.87. The largest absolute Gasteiger partial charge is 0.393 e. The fourth-order valence-electron chi connectivity index (χ4n) is 1.52. The molecule has 0 aromatic heterocycles. The van der Waals surface area contributed by atoms with Crippen molar-refractivity contribution in [3.05, 3.63) is 35.4 Å². The first-order chi connectivity index (χ1) is 7.08. The van der Waals surface area contributed by atoms with Gasteiger partial charge in [0, 0.05) is 6.07 Å². The van der Waals surface area contributed by atoms with Crippen molar-refractivity contribution < 1.29 is 13.9 Å². The average molecular weight is 214 g/mol. The van der Waals surface area contributed by atoms with E-state index in [1.165, 1.54) is 12.1 Å². The van der Waals surface area contributed by atoms with Crippen LogP contribution < -0.4 is 0 Å². The Hall–Kier alpha value is -0.960. The zero-order valence-corrected chi connectivity index (χ0v) is 8.84. The molecule has 84 valence electrons. The lowest BCUT2D eigenvalue weighted by Gasteiger charge is -2.04. The SMILES string of the molecule is CC(O)CCCCc1cc(F)cc(F)c1. The van der Waals surface area contributed by atoms with Gasteiger partial charge in [0.15, 0.2) is 0 Å². The van der Waals surface area contributed by atoms with Gasteiger partial charge in [-0.25, -0.2) is 8.78 Å². The third-order valence-corrected chi connectivity index (χ3v) is 2.26. The number of aliphatic hydroxyl groups is 1. The number of halogens is 2. The summed E-state index contributed by atoms with van der Waals surface area (Å²) in [5.41, 5.74) is 0.679. The molecule has 1 nitrogen and oxygen atoms in total. The van der Waals surface area contributed by atoms with Gasteiger partial charge in [-0.2, -0.15) is 0 Å². The summed E-state index contributed by atoms with van der Waals surface area (Å²) in [7, 11) is 0. The Morgan fingerprint density at radius 3 is 2.27 bits per heavy atom. The summed E-state index contributed by atoms with van der Waals surface area (Å²) in [4.78, 5) is 0. The van der Waals surface area contributed by atoms with E-state index in [9.17, 15) is 8.78 Å². The number of unbranched alkanes of at least 4 members (excludes halogenated alkanes) is 1. The molecular formula is C12H16F2O. The molecular weight excluding hydrogens is 198 g/mol. The molecule has 0 aliphatic carbocycles. The Balaban J connectivity index is 2.37. The van der Waals surface area contributed by atoms with Gasteiger partial charge in [0.2, 0.25) is 0 Å². The summed E-state index contributed by atoms with van der Waals surface area (Å²) in [5.74, 6) is -1.05. The van der Waals surface area contributed by atoms with Gasteiger partial charge < -0.3 is 5.11 Å². The van der Waals surface area contributed by atoms with Crippen molar-refractivity contribution in [1.29, 1.82) is 0 Å². The molecule has 0 heterocycles. The van der Waals surface area contributed by atoms with E-state index in [2.05, 4.69) is 0 Å². The lowest BCUT2D eigenvalue weighted by atomic mass is 10.1. The topological polar surface area (TPSA) is 20.2 Å². The zero-order chi connectivity index (χ0) is 11.3. The molecule has 1 N–H and O–H groups in total. The van der Waals surface area contributed by atoms with Crippen LogP contribution in [-0.4, -0.2) is 11.2 Å². The molecule has 3 heteroatoms. The average Bonchev–Trinajstić information content (AvgIpc) is 2.10. The first-order valence-electron chi connectivity index (χ1n) is 5.21. The minimum absolute atomic E-state index is 0.297. The van der Waals surface area contributed by atoms with Crippen molar-refractivity contribution in [1.82, 2.24) is 0 Å². The summed E-state index contributed by atoms with van der Waals surface area (Å²) in [6.45, 7) is 1.74. The standard InChI is InChI=1S/C12H16F2O/c1-9(15)4-2-3-5-10-6-11(13)8-12(14)7-10/h6-9,15H,2-5H2,1H3. The highest BCUT2D eigenvalue weighted by Crippen LogP contribution is 2.12. The van der Waals surface area contributed by atoms with E-state index in [-0.39, 0.29) is 6.10 Å². The monoisotopic (exact) mass is 214 g/mol. The molecule has 1 rings (SSSR count). The molecule has 0 fully saturated rings. The molecule has 0 spiro atoms. The van der Waals surface area contributed by atoms with E-state index in [0.29, 0.717) is 12.0 Å². The Morgan fingerprint density at radius 1 is 1.13 bits per heavy atom. The summed E-state index contributed by atoms with van der Waals surface area (Å²) < 4.78 is 25.6. The maximum Gasteiger partial charge on any atom is 0.126 e. The van der Waals surface area contributed by atoms with Crippen LogP contribution in [0, 0.1) is 11.6 Å². The normalized spacial score (nSPS) is 12.8. The van der Waals surface area contributed by atoms with Crippen molar-refractivity contribution in [3.8, 4) is 0 Å². The highest BCUT2D eigenvalue weighted by atomic mass is 19.1. The minimum atomic E-state index is -0.527. The highest BCUT2D eigenvalue weighted by Gasteiger charge is 2.01. The predicted molar refractivity (Wildman–Crippen MR) is 55.6 cm³/mol. The summed E-state index contributed by atoms with van der Waals surface area (Å²) >= 11 is 0. The quantitative estimate of drug-likeness (QED) is 0.747. The smallest absolute Gasteiger partial charge is 0.126 e. The van der Waals surface area contributed by atoms with Crippen LogP contribution in [0.15, 0.2) is 18.2 Å². The van der Waals surface area contributed by atoms with Crippen molar-refractivity contribution in [2.75, 3.05) is 0 Å². The van der Waals surface area contributed by atoms with Gasteiger partial charge in [0.05, 0.1) is 6.10 Å². The molecule has 1 atom stereocenters. The molecule has 15 heavy (non-hydrogen) atoms. The zero-order valence-electron chi connectivity index (χ0n) is 8.84. The van der Waals surface area contributed by atoms with Crippen molar-refractivity contribution >= 4 is 0 Å². The summed E-state index contributed by atoms with van der Waals surface area (Å²) in [6, 6.07) is 3.58. The fourth-order valence-corrected chi connectivity index (χ4v) is 1.52. The molecule has 0 saturated heterocycles. The molecule has 0 aliphatic heterocycles. The maximum atomic E-state index is 12.8. The van der Waals surface area contributed by atoms with E-state index in [1.54, 1.807) is 6.92 Å². The Morgan fingerprint density at radius 2 is 1.73 bits per heavy atom. The maximum absolute atomic E-state index is 12.8. The van der Waals surface area contributed by atoms with Crippen molar-refractivity contribution in [2.45, 2.75) is 38.7 Å². The van der Waals surface area contributed by atoms with Gasteiger partial charge in [-0.05, 0) is 43.9 Å². The van der Waals surface area contributed by atoms with Crippen LogP contribution >= 0.6 is 0 Å². The lowest BCUT2D eigenvalue weighted by molar-refractivity contribution is 0.180. The molecule has 1 aromatic carbocycles. The highest BCUT2D eigenvalue weighted by molar-refractivity contribution is 5.17. The number of aliphatic hydroxyl groups excluding tert-OH is 1. The summed E-state index contributed by atoms with van der Waals surface area (Å²) in [6.07, 6.45) is 2.80. The van der Waals surface area contributed by atoms with Crippen molar-refractivity contribution in [3.63, 3.8) is 0 Å². The number of hydrogen-bond donors (Lipinski definition) is 1. The van der Waals surface area contributed by atoms with E-state index in [0.717, 1.165) is 25.3 Å². The fraction of sp³-hybridized carbons (Fsp3) is 0.500. The molecule has 0 bridgehead atoms. The van der Waals surface area contributed by atoms with E-state index in [4.69, 9.17) is 5.11 Å². The molecule has 1 unspecified atom stereocenters. The lowest BCUT2D eigenvalue weighted by Crippen LogP contribution is -1.99. The van der Waals surface area contributed by atoms with Crippen LogP contribution in [0.3, 0.4) is 0 Å². The van der Waals surface area contributed by atoms with E-state index >= 15 is 0 Å². The first kappa shape index (κ1) is 12.1. The number of aryl methyl sites for hydroxylation is 1. The van der Waals surface area contributed by atoms with Crippen LogP contribution in [0.2, 0.25) is 0 Å². The number of rotatable bonds is 5. The second kappa shape index (κ2) is 5.81. The number of benzene rings is 1. The molecule has 1 aromatic rings. The molecule has 0 saturated carbocycles. The van der Waals surface area contributed by atoms with Gasteiger partial charge >= 0.3 is 0 Å². The van der Waals surface area contributed by atoms with Crippen LogP contribution in [0.4, 0.5) is 8.78 Å². The van der Waals surface area contributed by atoms with Gasteiger partial charge in [-0.3, -0.25) is 0 Å². The Kier molecular flexibility index (Phi) is 4.69. The van der Waals surface area contributed by atoms with Crippen LogP contribution in [0.25, 0.3) is 0 Å². The predicted octanol–water partition coefficient (Wildman–Crippen LogP) is 3.06. The summed E-state index contributed by atoms with van der Waals surface area (Å²) in [5, 5.41) is 9.02.